The fourth-order valence-corrected chi connectivity index (χ4v) is 4.31. The second-order valence-corrected chi connectivity index (χ2v) is 9.04. The first-order valence-electron chi connectivity index (χ1n) is 8.38. The van der Waals surface area contributed by atoms with Gasteiger partial charge in [0.1, 0.15) is 12.0 Å². The lowest BCUT2D eigenvalue weighted by molar-refractivity contribution is -0.118. The molecule has 0 radical (unpaired) electrons. The molecule has 2 aromatic rings. The van der Waals surface area contributed by atoms with E-state index in [1.165, 1.54) is 31.2 Å². The van der Waals surface area contributed by atoms with Crippen molar-refractivity contribution < 1.29 is 22.3 Å². The number of aromatic nitrogens is 1. The zero-order valence-corrected chi connectivity index (χ0v) is 16.3. The van der Waals surface area contributed by atoms with Crippen LogP contribution in [0, 0.1) is 11.4 Å². The van der Waals surface area contributed by atoms with Gasteiger partial charge in [0.05, 0.1) is 9.80 Å². The minimum absolute atomic E-state index is 0.00832. The summed E-state index contributed by atoms with van der Waals surface area (Å²) in [6.07, 6.45) is 1.37. The number of sulfone groups is 1. The lowest BCUT2D eigenvalue weighted by atomic mass is 9.84. The van der Waals surface area contributed by atoms with Crippen molar-refractivity contribution in [1.82, 2.24) is 4.98 Å². The molecule has 1 aromatic carbocycles. The van der Waals surface area contributed by atoms with E-state index in [1.54, 1.807) is 18.2 Å². The average molecular weight is 391 g/mol. The Hall–Kier alpha value is -2.54. The molecule has 0 atom stereocenters. The van der Waals surface area contributed by atoms with Crippen LogP contribution in [-0.4, -0.2) is 19.2 Å². The Kier molecular flexibility index (Phi) is 6.49. The van der Waals surface area contributed by atoms with Gasteiger partial charge in [0.2, 0.25) is 21.7 Å². The highest BCUT2D eigenvalue weighted by atomic mass is 32.2. The first kappa shape index (κ1) is 20.8. The zero-order valence-electron chi connectivity index (χ0n) is 15.5. The van der Waals surface area contributed by atoms with Crippen LogP contribution in [0.15, 0.2) is 64.6 Å². The quantitative estimate of drug-likeness (QED) is 0.495. The number of ketones is 1. The van der Waals surface area contributed by atoms with Gasteiger partial charge in [-0.1, -0.05) is 38.1 Å². The van der Waals surface area contributed by atoms with Crippen LogP contribution < -0.4 is 4.74 Å². The van der Waals surface area contributed by atoms with E-state index >= 15 is 0 Å². The number of nitrogens with zero attached hydrogens (tertiary/aromatic N) is 1. The summed E-state index contributed by atoms with van der Waals surface area (Å²) >= 11 is 0. The fraction of sp³-hybridized carbons (Fsp3) is 0.300. The van der Waals surface area contributed by atoms with Crippen molar-refractivity contribution in [3.05, 3.63) is 65.6 Å². The van der Waals surface area contributed by atoms with Gasteiger partial charge in [0.25, 0.3) is 0 Å². The van der Waals surface area contributed by atoms with E-state index in [9.17, 15) is 17.6 Å². The number of ether oxygens (including phenoxy) is 1. The topological polar surface area (TPSA) is 73.3 Å². The third-order valence-electron chi connectivity index (χ3n) is 3.78. The van der Waals surface area contributed by atoms with Crippen molar-refractivity contribution in [2.24, 2.45) is 5.41 Å². The summed E-state index contributed by atoms with van der Waals surface area (Å²) in [4.78, 5) is 15.2. The molecule has 0 saturated heterocycles. The van der Waals surface area contributed by atoms with Gasteiger partial charge in [-0.2, -0.15) is 9.37 Å². The SMILES string of the molecule is CC(=O)CC(C)(C)C/C(=C/Oc1cccc(F)n1)S(=O)(=O)c1ccccc1. The summed E-state index contributed by atoms with van der Waals surface area (Å²) in [7, 11) is -3.85. The van der Waals surface area contributed by atoms with Crippen molar-refractivity contribution in [1.29, 1.82) is 0 Å². The van der Waals surface area contributed by atoms with Crippen LogP contribution >= 0.6 is 0 Å². The van der Waals surface area contributed by atoms with Crippen LogP contribution in [0.2, 0.25) is 0 Å². The number of carbonyl (C=O) groups is 1. The number of pyridine rings is 1. The number of halogens is 1. The molecule has 1 heterocycles. The highest BCUT2D eigenvalue weighted by Gasteiger charge is 2.29. The van der Waals surface area contributed by atoms with Crippen LogP contribution in [0.4, 0.5) is 4.39 Å². The van der Waals surface area contributed by atoms with Gasteiger partial charge >= 0.3 is 0 Å². The number of allylic oxidation sites excluding steroid dienone is 1. The number of rotatable bonds is 8. The van der Waals surface area contributed by atoms with E-state index in [1.807, 2.05) is 13.8 Å². The van der Waals surface area contributed by atoms with Crippen molar-refractivity contribution in [3.8, 4) is 5.88 Å². The highest BCUT2D eigenvalue weighted by Crippen LogP contribution is 2.34. The molecule has 0 fully saturated rings. The van der Waals surface area contributed by atoms with Gasteiger partial charge in [-0.25, -0.2) is 8.42 Å². The summed E-state index contributed by atoms with van der Waals surface area (Å²) in [5.41, 5.74) is -0.599. The van der Waals surface area contributed by atoms with Crippen LogP contribution in [0.1, 0.15) is 33.6 Å². The lowest BCUT2D eigenvalue weighted by Crippen LogP contribution is -2.20. The lowest BCUT2D eigenvalue weighted by Gasteiger charge is -2.24. The summed E-state index contributed by atoms with van der Waals surface area (Å²) in [6.45, 7) is 5.08. The number of hydrogen-bond acceptors (Lipinski definition) is 5. The molecule has 1 aromatic heterocycles. The molecule has 27 heavy (non-hydrogen) atoms. The first-order chi connectivity index (χ1) is 12.6. The van der Waals surface area contributed by atoms with Crippen LogP contribution in [0.3, 0.4) is 0 Å². The normalized spacial score (nSPS) is 12.7. The maximum Gasteiger partial charge on any atom is 0.221 e. The van der Waals surface area contributed by atoms with Crippen LogP contribution in [-0.2, 0) is 14.6 Å². The summed E-state index contributed by atoms with van der Waals surface area (Å²) in [5, 5.41) is 0. The average Bonchev–Trinajstić information content (AvgIpc) is 2.58. The van der Waals surface area contributed by atoms with Crippen molar-refractivity contribution in [3.63, 3.8) is 0 Å². The summed E-state index contributed by atoms with van der Waals surface area (Å²) in [6, 6.07) is 11.9. The molecule has 7 heteroatoms. The molecule has 0 aliphatic heterocycles. The Balaban J connectivity index is 2.41. The maximum absolute atomic E-state index is 13.2. The molecule has 0 aliphatic carbocycles. The van der Waals surface area contributed by atoms with Crippen molar-refractivity contribution in [2.75, 3.05) is 0 Å². The predicted octanol–water partition coefficient (Wildman–Crippen LogP) is 4.31. The van der Waals surface area contributed by atoms with E-state index in [2.05, 4.69) is 4.98 Å². The maximum atomic E-state index is 13.2. The Morgan fingerprint density at radius 2 is 1.78 bits per heavy atom. The molecule has 0 saturated carbocycles. The Morgan fingerprint density at radius 1 is 1.11 bits per heavy atom. The first-order valence-corrected chi connectivity index (χ1v) is 9.86. The third kappa shape index (κ3) is 5.99. The molecule has 0 N–H and O–H groups in total. The number of carbonyl (C=O) groups excluding carboxylic acids is 1. The largest absolute Gasteiger partial charge is 0.446 e. The van der Waals surface area contributed by atoms with Crippen LogP contribution in [0.25, 0.3) is 0 Å². The molecule has 0 amide bonds. The van der Waals surface area contributed by atoms with Gasteiger partial charge in [0, 0.05) is 12.5 Å². The number of Topliss-reactive ketones (excluding diaryl/α,β-unsaturated/α-hetero) is 1. The van der Waals surface area contributed by atoms with Crippen LogP contribution in [0.5, 0.6) is 5.88 Å². The Labute approximate surface area is 158 Å². The molecule has 144 valence electrons. The Morgan fingerprint density at radius 3 is 2.37 bits per heavy atom. The number of hydrogen-bond donors (Lipinski definition) is 0. The minimum atomic E-state index is -3.85. The molecule has 0 bridgehead atoms. The van der Waals surface area contributed by atoms with Gasteiger partial charge in [-0.15, -0.1) is 0 Å². The van der Waals surface area contributed by atoms with E-state index < -0.39 is 21.2 Å². The van der Waals surface area contributed by atoms with E-state index in [0.29, 0.717) is 0 Å². The van der Waals surface area contributed by atoms with Crippen molar-refractivity contribution in [2.45, 2.75) is 38.5 Å². The smallest absolute Gasteiger partial charge is 0.221 e. The molecule has 0 aliphatic rings. The van der Waals surface area contributed by atoms with Gasteiger partial charge < -0.3 is 9.53 Å². The van der Waals surface area contributed by atoms with Gasteiger partial charge in [-0.05, 0) is 37.0 Å². The van der Waals surface area contributed by atoms with Gasteiger partial charge in [-0.3, -0.25) is 0 Å². The standard InChI is InChI=1S/C20H22FNO4S/c1-15(23)12-20(2,3)13-17(14-26-19-11-7-10-18(21)22-19)27(24,25)16-8-5-4-6-9-16/h4-11,14H,12-13H2,1-3H3/b17-14-. The second kappa shape index (κ2) is 8.43. The number of benzene rings is 1. The minimum Gasteiger partial charge on any atom is -0.446 e. The fourth-order valence-electron chi connectivity index (χ4n) is 2.74. The molecular formula is C20H22FNO4S. The monoisotopic (exact) mass is 391 g/mol. The van der Waals surface area contributed by atoms with Gasteiger partial charge in [0.15, 0.2) is 0 Å². The molecule has 0 spiro atoms. The second-order valence-electron chi connectivity index (χ2n) is 7.04. The van der Waals surface area contributed by atoms with E-state index in [0.717, 1.165) is 12.3 Å². The van der Waals surface area contributed by atoms with E-state index in [4.69, 9.17) is 4.74 Å². The molecular weight excluding hydrogens is 369 g/mol. The predicted molar refractivity (Wildman–Crippen MR) is 100 cm³/mol. The third-order valence-corrected chi connectivity index (χ3v) is 5.60. The molecule has 2 rings (SSSR count). The molecule has 5 nitrogen and oxygen atoms in total. The summed E-state index contributed by atoms with van der Waals surface area (Å²) in [5.74, 6) is -0.824. The van der Waals surface area contributed by atoms with E-state index in [-0.39, 0.29) is 34.3 Å². The highest BCUT2D eigenvalue weighted by molar-refractivity contribution is 7.95. The summed E-state index contributed by atoms with van der Waals surface area (Å²) < 4.78 is 44.7. The molecule has 0 unspecified atom stereocenters. The Bertz CT molecular complexity index is 937. The zero-order chi connectivity index (χ0) is 20.1. The van der Waals surface area contributed by atoms with Crippen molar-refractivity contribution >= 4 is 15.6 Å².